The van der Waals surface area contributed by atoms with Crippen LogP contribution in [0.4, 0.5) is 0 Å². The van der Waals surface area contributed by atoms with E-state index in [4.69, 9.17) is 11.6 Å². The highest BCUT2D eigenvalue weighted by molar-refractivity contribution is 6.27. The zero-order valence-corrected chi connectivity index (χ0v) is 9.01. The van der Waals surface area contributed by atoms with Gasteiger partial charge in [0.15, 0.2) is 0 Å². The topological polar surface area (TPSA) is 49.4 Å². The number of halogens is 1. The van der Waals surface area contributed by atoms with Crippen molar-refractivity contribution >= 4 is 23.4 Å². The molecule has 1 aliphatic rings. The van der Waals surface area contributed by atoms with Crippen LogP contribution in [0.25, 0.3) is 0 Å². The monoisotopic (exact) mass is 218 g/mol. The molecule has 1 saturated heterocycles. The van der Waals surface area contributed by atoms with E-state index in [0.717, 1.165) is 6.42 Å². The van der Waals surface area contributed by atoms with Crippen LogP contribution in [0.15, 0.2) is 0 Å². The van der Waals surface area contributed by atoms with Crippen LogP contribution in [-0.2, 0) is 9.59 Å². The molecule has 1 N–H and O–H groups in total. The molecule has 80 valence electrons. The highest BCUT2D eigenvalue weighted by atomic mass is 35.5. The Morgan fingerprint density at radius 2 is 2.29 bits per heavy atom. The molecule has 0 aromatic rings. The summed E-state index contributed by atoms with van der Waals surface area (Å²) in [5.74, 6) is 0.00383. The fourth-order valence-corrected chi connectivity index (χ4v) is 1.69. The zero-order chi connectivity index (χ0) is 10.6. The van der Waals surface area contributed by atoms with E-state index in [1.54, 1.807) is 4.90 Å². The first-order valence-corrected chi connectivity index (χ1v) is 5.34. The molecule has 0 aromatic heterocycles. The summed E-state index contributed by atoms with van der Waals surface area (Å²) >= 11 is 5.43. The SMILES string of the molecule is CCC(=O)NC1CCN(C(=O)CCl)C1. The van der Waals surface area contributed by atoms with Gasteiger partial charge in [-0.3, -0.25) is 9.59 Å². The summed E-state index contributed by atoms with van der Waals surface area (Å²) in [4.78, 5) is 24.0. The number of hydrogen-bond donors (Lipinski definition) is 1. The van der Waals surface area contributed by atoms with Crippen LogP contribution in [0.5, 0.6) is 0 Å². The van der Waals surface area contributed by atoms with Crippen LogP contribution in [0.3, 0.4) is 0 Å². The van der Waals surface area contributed by atoms with E-state index < -0.39 is 0 Å². The first kappa shape index (κ1) is 11.3. The van der Waals surface area contributed by atoms with Crippen LogP contribution in [0.1, 0.15) is 19.8 Å². The van der Waals surface area contributed by atoms with Crippen LogP contribution in [0.2, 0.25) is 0 Å². The van der Waals surface area contributed by atoms with E-state index in [1.165, 1.54) is 0 Å². The van der Waals surface area contributed by atoms with E-state index >= 15 is 0 Å². The van der Waals surface area contributed by atoms with Gasteiger partial charge in [0, 0.05) is 25.6 Å². The van der Waals surface area contributed by atoms with Gasteiger partial charge in [-0.15, -0.1) is 11.6 Å². The van der Waals surface area contributed by atoms with Crippen molar-refractivity contribution in [1.29, 1.82) is 0 Å². The Morgan fingerprint density at radius 1 is 1.57 bits per heavy atom. The van der Waals surface area contributed by atoms with Gasteiger partial charge in [-0.1, -0.05) is 6.92 Å². The molecule has 1 fully saturated rings. The number of carbonyl (C=O) groups excluding carboxylic acids is 2. The van der Waals surface area contributed by atoms with Gasteiger partial charge in [-0.05, 0) is 6.42 Å². The Bertz CT molecular complexity index is 233. The molecule has 1 aliphatic heterocycles. The molecule has 0 bridgehead atoms. The van der Waals surface area contributed by atoms with Gasteiger partial charge in [0.05, 0.1) is 0 Å². The van der Waals surface area contributed by atoms with Crippen LogP contribution in [0, 0.1) is 0 Å². The Balaban J connectivity index is 2.34. The van der Waals surface area contributed by atoms with Crippen molar-refractivity contribution in [3.05, 3.63) is 0 Å². The lowest BCUT2D eigenvalue weighted by molar-refractivity contribution is -0.128. The van der Waals surface area contributed by atoms with Gasteiger partial charge in [0.1, 0.15) is 5.88 Å². The maximum atomic E-state index is 11.2. The molecule has 0 aromatic carbocycles. The first-order valence-electron chi connectivity index (χ1n) is 4.80. The van der Waals surface area contributed by atoms with Crippen molar-refractivity contribution in [2.75, 3.05) is 19.0 Å². The average Bonchev–Trinajstić information content (AvgIpc) is 2.65. The molecule has 14 heavy (non-hydrogen) atoms. The summed E-state index contributed by atoms with van der Waals surface area (Å²) in [5.41, 5.74) is 0. The van der Waals surface area contributed by atoms with Gasteiger partial charge in [0.2, 0.25) is 11.8 Å². The van der Waals surface area contributed by atoms with Crippen molar-refractivity contribution in [3.8, 4) is 0 Å². The number of carbonyl (C=O) groups is 2. The third-order valence-corrected chi connectivity index (χ3v) is 2.57. The molecule has 4 nitrogen and oxygen atoms in total. The number of nitrogens with zero attached hydrogens (tertiary/aromatic N) is 1. The third kappa shape index (κ3) is 2.87. The summed E-state index contributed by atoms with van der Waals surface area (Å²) in [6.45, 7) is 3.10. The van der Waals surface area contributed by atoms with Crippen molar-refractivity contribution in [2.45, 2.75) is 25.8 Å². The fraction of sp³-hybridized carbons (Fsp3) is 0.778. The Hall–Kier alpha value is -0.770. The smallest absolute Gasteiger partial charge is 0.237 e. The Morgan fingerprint density at radius 3 is 2.86 bits per heavy atom. The highest BCUT2D eigenvalue weighted by Crippen LogP contribution is 2.09. The van der Waals surface area contributed by atoms with Crippen molar-refractivity contribution < 1.29 is 9.59 Å². The molecular formula is C9H15ClN2O2. The maximum Gasteiger partial charge on any atom is 0.237 e. The van der Waals surface area contributed by atoms with Gasteiger partial charge in [0.25, 0.3) is 0 Å². The molecule has 1 rings (SSSR count). The van der Waals surface area contributed by atoms with Crippen molar-refractivity contribution in [3.63, 3.8) is 0 Å². The lowest BCUT2D eigenvalue weighted by Gasteiger charge is -2.15. The molecule has 2 amide bonds. The number of rotatable bonds is 3. The van der Waals surface area contributed by atoms with E-state index in [2.05, 4.69) is 5.32 Å². The molecular weight excluding hydrogens is 204 g/mol. The third-order valence-electron chi connectivity index (χ3n) is 2.34. The predicted octanol–water partition coefficient (Wildman–Crippen LogP) is 0.352. The second-order valence-corrected chi connectivity index (χ2v) is 3.65. The van der Waals surface area contributed by atoms with Gasteiger partial charge >= 0.3 is 0 Å². The fourth-order valence-electron chi connectivity index (χ4n) is 1.52. The Kier molecular flexibility index (Phi) is 4.20. The molecule has 1 unspecified atom stereocenters. The van der Waals surface area contributed by atoms with Crippen molar-refractivity contribution in [1.82, 2.24) is 10.2 Å². The van der Waals surface area contributed by atoms with Crippen LogP contribution in [-0.4, -0.2) is 41.7 Å². The minimum atomic E-state index is -0.0556. The lowest BCUT2D eigenvalue weighted by atomic mass is 10.2. The number of hydrogen-bond acceptors (Lipinski definition) is 2. The summed E-state index contributed by atoms with van der Waals surface area (Å²) < 4.78 is 0. The second kappa shape index (κ2) is 5.20. The predicted molar refractivity (Wildman–Crippen MR) is 54.1 cm³/mol. The molecule has 1 heterocycles. The number of amides is 2. The number of nitrogens with one attached hydrogen (secondary N) is 1. The van der Waals surface area contributed by atoms with E-state index in [1.807, 2.05) is 6.92 Å². The standard InChI is InChI=1S/C9H15ClN2O2/c1-2-8(13)11-7-3-4-12(6-7)9(14)5-10/h7H,2-6H2,1H3,(H,11,13). The van der Waals surface area contributed by atoms with E-state index in [9.17, 15) is 9.59 Å². The highest BCUT2D eigenvalue weighted by Gasteiger charge is 2.26. The van der Waals surface area contributed by atoms with Crippen LogP contribution >= 0.6 is 11.6 Å². The largest absolute Gasteiger partial charge is 0.352 e. The maximum absolute atomic E-state index is 11.2. The average molecular weight is 219 g/mol. The summed E-state index contributed by atoms with van der Waals surface area (Å²) in [6, 6.07) is 0.106. The van der Waals surface area contributed by atoms with Gasteiger partial charge in [-0.2, -0.15) is 0 Å². The minimum absolute atomic E-state index is 0.0223. The molecule has 0 radical (unpaired) electrons. The number of likely N-dealkylation sites (tertiary alicyclic amines) is 1. The van der Waals surface area contributed by atoms with E-state index in [0.29, 0.717) is 19.5 Å². The van der Waals surface area contributed by atoms with E-state index in [-0.39, 0.29) is 23.7 Å². The lowest BCUT2D eigenvalue weighted by Crippen LogP contribution is -2.38. The molecule has 0 spiro atoms. The Labute approximate surface area is 88.6 Å². The molecule has 1 atom stereocenters. The van der Waals surface area contributed by atoms with Crippen LogP contribution < -0.4 is 5.32 Å². The van der Waals surface area contributed by atoms with Gasteiger partial charge < -0.3 is 10.2 Å². The minimum Gasteiger partial charge on any atom is -0.352 e. The normalized spacial score (nSPS) is 21.0. The first-order chi connectivity index (χ1) is 6.67. The summed E-state index contributed by atoms with van der Waals surface area (Å²) in [5, 5.41) is 2.86. The quantitative estimate of drug-likeness (QED) is 0.696. The van der Waals surface area contributed by atoms with Gasteiger partial charge in [-0.25, -0.2) is 0 Å². The zero-order valence-electron chi connectivity index (χ0n) is 8.25. The second-order valence-electron chi connectivity index (χ2n) is 3.38. The molecule has 5 heteroatoms. The summed E-state index contributed by atoms with van der Waals surface area (Å²) in [7, 11) is 0. The molecule has 0 saturated carbocycles. The summed E-state index contributed by atoms with van der Waals surface area (Å²) in [6.07, 6.45) is 1.31. The van der Waals surface area contributed by atoms with Crippen molar-refractivity contribution in [2.24, 2.45) is 0 Å². The molecule has 0 aliphatic carbocycles. The number of alkyl halides is 1.